The van der Waals surface area contributed by atoms with Crippen LogP contribution in [-0.2, 0) is 9.53 Å². The van der Waals surface area contributed by atoms with Gasteiger partial charge in [-0.15, -0.1) is 0 Å². The van der Waals surface area contributed by atoms with Gasteiger partial charge in [-0.05, 0) is 18.3 Å². The Bertz CT molecular complexity index is 307. The molecule has 0 amide bonds. The molecule has 0 aromatic rings. The lowest BCUT2D eigenvalue weighted by atomic mass is 9.85. The van der Waals surface area contributed by atoms with Gasteiger partial charge in [-0.1, -0.05) is 12.2 Å². The lowest BCUT2D eigenvalue weighted by Crippen LogP contribution is -2.25. The molecule has 0 unspecified atom stereocenters. The molecule has 2 bridgehead atoms. The molecule has 0 aromatic carbocycles. The molecule has 1 saturated heterocycles. The molecule has 2 nitrogen and oxygen atoms in total. The van der Waals surface area contributed by atoms with Gasteiger partial charge in [0.1, 0.15) is 6.10 Å². The Labute approximate surface area is 70.6 Å². The first kappa shape index (κ1) is 5.92. The number of epoxide rings is 1. The molecule has 0 radical (unpaired) electrons. The van der Waals surface area contributed by atoms with E-state index < -0.39 is 0 Å². The lowest BCUT2D eigenvalue weighted by molar-refractivity contribution is -0.125. The molecule has 0 N–H and O–H groups in total. The predicted octanol–water partition coefficient (Wildman–Crippen LogP) is 0.775. The molecule has 1 aliphatic heterocycles. The summed E-state index contributed by atoms with van der Waals surface area (Å²) in [6.45, 7) is 0. The Morgan fingerprint density at radius 3 is 3.00 bits per heavy atom. The predicted molar refractivity (Wildman–Crippen MR) is 41.4 cm³/mol. The van der Waals surface area contributed by atoms with Gasteiger partial charge >= 0.3 is 0 Å². The highest BCUT2D eigenvalue weighted by Gasteiger charge is 2.68. The van der Waals surface area contributed by atoms with Gasteiger partial charge < -0.3 is 4.74 Å². The number of allylic oxidation sites excluding steroid dienone is 2. The number of carbonyl (C=O) groups excluding carboxylic acids is 1. The van der Waals surface area contributed by atoms with Crippen molar-refractivity contribution in [3.8, 4) is 0 Å². The zero-order valence-electron chi connectivity index (χ0n) is 6.64. The number of carbonyl (C=O) groups is 1. The van der Waals surface area contributed by atoms with Crippen molar-refractivity contribution in [2.24, 2.45) is 23.7 Å². The van der Waals surface area contributed by atoms with Crippen LogP contribution in [0.2, 0.25) is 0 Å². The van der Waals surface area contributed by atoms with Crippen LogP contribution in [0, 0.1) is 23.7 Å². The van der Waals surface area contributed by atoms with Crippen molar-refractivity contribution in [2.45, 2.75) is 18.6 Å². The summed E-state index contributed by atoms with van der Waals surface area (Å²) in [5.74, 6) is 2.56. The molecule has 0 aromatic heterocycles. The van der Waals surface area contributed by atoms with Crippen LogP contribution in [0.1, 0.15) is 6.42 Å². The quantitative estimate of drug-likeness (QED) is 0.389. The van der Waals surface area contributed by atoms with Crippen LogP contribution in [0.5, 0.6) is 0 Å². The number of Topliss-reactive ketones (excluding diaryl/α,β-unsaturated/α-hetero) is 1. The van der Waals surface area contributed by atoms with Crippen LogP contribution in [0.25, 0.3) is 0 Å². The highest BCUT2D eigenvalue weighted by molar-refractivity contribution is 5.92. The van der Waals surface area contributed by atoms with Crippen molar-refractivity contribution < 1.29 is 9.53 Å². The molecule has 3 aliphatic carbocycles. The summed E-state index contributed by atoms with van der Waals surface area (Å²) in [6.07, 6.45) is 6.10. The smallest absolute Gasteiger partial charge is 0.168 e. The molecule has 4 aliphatic rings. The third kappa shape index (κ3) is 0.446. The summed E-state index contributed by atoms with van der Waals surface area (Å²) in [7, 11) is 0. The topological polar surface area (TPSA) is 29.6 Å². The summed E-state index contributed by atoms with van der Waals surface area (Å²) in [4.78, 5) is 11.7. The number of hydrogen-bond donors (Lipinski definition) is 0. The second-order valence-electron chi connectivity index (χ2n) is 4.48. The molecular weight excluding hydrogens is 152 g/mol. The Morgan fingerprint density at radius 1 is 1.33 bits per heavy atom. The summed E-state index contributed by atoms with van der Waals surface area (Å²) in [5, 5.41) is 0. The highest BCUT2D eigenvalue weighted by atomic mass is 16.6. The van der Waals surface area contributed by atoms with Crippen LogP contribution in [0.3, 0.4) is 0 Å². The fraction of sp³-hybridized carbons (Fsp3) is 0.700. The molecule has 6 atom stereocenters. The summed E-state index contributed by atoms with van der Waals surface area (Å²) in [6, 6.07) is 0. The maximum atomic E-state index is 11.7. The molecule has 2 saturated carbocycles. The zero-order chi connectivity index (χ0) is 7.87. The fourth-order valence-electron chi connectivity index (χ4n) is 3.54. The maximum absolute atomic E-state index is 11.7. The van der Waals surface area contributed by atoms with Crippen molar-refractivity contribution in [3.63, 3.8) is 0 Å². The highest BCUT2D eigenvalue weighted by Crippen LogP contribution is 2.60. The second-order valence-corrected chi connectivity index (χ2v) is 4.48. The van der Waals surface area contributed by atoms with Gasteiger partial charge in [0.05, 0.1) is 6.10 Å². The number of rotatable bonds is 0. The standard InChI is InChI=1S/C10H10O2/c11-8-6-4-1-2-5(3-4)7(6)9-10(8)12-9/h1-2,4-7,9-10H,3H2/t4-,5+,6+,7-,9+,10-/m1/s1. The second kappa shape index (κ2) is 1.53. The minimum absolute atomic E-state index is 0.0187. The average molecular weight is 162 g/mol. The van der Waals surface area contributed by atoms with Gasteiger partial charge in [0.25, 0.3) is 0 Å². The molecular formula is C10H10O2. The van der Waals surface area contributed by atoms with Gasteiger partial charge in [0.2, 0.25) is 0 Å². The van der Waals surface area contributed by atoms with Crippen molar-refractivity contribution in [3.05, 3.63) is 12.2 Å². The van der Waals surface area contributed by atoms with E-state index in [2.05, 4.69) is 12.2 Å². The molecule has 3 fully saturated rings. The fourth-order valence-corrected chi connectivity index (χ4v) is 3.54. The minimum atomic E-state index is 0.0187. The van der Waals surface area contributed by atoms with Gasteiger partial charge in [-0.25, -0.2) is 0 Å². The number of ketones is 1. The summed E-state index contributed by atoms with van der Waals surface area (Å²) >= 11 is 0. The minimum Gasteiger partial charge on any atom is -0.361 e. The van der Waals surface area contributed by atoms with E-state index in [4.69, 9.17) is 4.74 Å². The number of fused-ring (bicyclic) bond motifs is 7. The van der Waals surface area contributed by atoms with E-state index in [-0.39, 0.29) is 6.10 Å². The Morgan fingerprint density at radius 2 is 2.17 bits per heavy atom. The molecule has 62 valence electrons. The van der Waals surface area contributed by atoms with Gasteiger partial charge in [0.15, 0.2) is 5.78 Å². The maximum Gasteiger partial charge on any atom is 0.168 e. The summed E-state index contributed by atoms with van der Waals surface area (Å²) < 4.78 is 5.35. The van der Waals surface area contributed by atoms with Crippen LogP contribution >= 0.6 is 0 Å². The Kier molecular flexibility index (Phi) is 0.756. The van der Waals surface area contributed by atoms with Crippen LogP contribution in [0.4, 0.5) is 0 Å². The van der Waals surface area contributed by atoms with Gasteiger partial charge in [-0.3, -0.25) is 4.79 Å². The Hall–Kier alpha value is -0.630. The van der Waals surface area contributed by atoms with E-state index in [0.29, 0.717) is 35.6 Å². The van der Waals surface area contributed by atoms with E-state index in [1.807, 2.05) is 0 Å². The first-order chi connectivity index (χ1) is 5.86. The number of hydrogen-bond acceptors (Lipinski definition) is 2. The van der Waals surface area contributed by atoms with Gasteiger partial charge in [0, 0.05) is 11.8 Å². The van der Waals surface area contributed by atoms with E-state index in [9.17, 15) is 4.79 Å². The third-order valence-corrected chi connectivity index (χ3v) is 4.03. The zero-order valence-corrected chi connectivity index (χ0v) is 6.64. The summed E-state index contributed by atoms with van der Waals surface area (Å²) in [5.41, 5.74) is 0. The van der Waals surface area contributed by atoms with Crippen LogP contribution in [0.15, 0.2) is 12.2 Å². The molecule has 12 heavy (non-hydrogen) atoms. The van der Waals surface area contributed by atoms with Crippen molar-refractivity contribution in [1.82, 2.24) is 0 Å². The monoisotopic (exact) mass is 162 g/mol. The molecule has 2 heteroatoms. The largest absolute Gasteiger partial charge is 0.361 e. The van der Waals surface area contributed by atoms with E-state index >= 15 is 0 Å². The van der Waals surface area contributed by atoms with Crippen molar-refractivity contribution in [2.75, 3.05) is 0 Å². The van der Waals surface area contributed by atoms with E-state index in [0.717, 1.165) is 0 Å². The Balaban J connectivity index is 1.86. The van der Waals surface area contributed by atoms with E-state index in [1.54, 1.807) is 0 Å². The molecule has 4 rings (SSSR count). The van der Waals surface area contributed by atoms with Crippen molar-refractivity contribution in [1.29, 1.82) is 0 Å². The normalized spacial score (nSPS) is 63.8. The van der Waals surface area contributed by atoms with Gasteiger partial charge in [-0.2, -0.15) is 0 Å². The molecule has 0 spiro atoms. The van der Waals surface area contributed by atoms with Crippen LogP contribution < -0.4 is 0 Å². The lowest BCUT2D eigenvalue weighted by Gasteiger charge is -2.20. The average Bonchev–Trinajstić information content (AvgIpc) is 2.49. The van der Waals surface area contributed by atoms with Crippen molar-refractivity contribution >= 4 is 5.78 Å². The third-order valence-electron chi connectivity index (χ3n) is 4.03. The molecule has 1 heterocycles. The van der Waals surface area contributed by atoms with Crippen LogP contribution in [-0.4, -0.2) is 18.0 Å². The SMILES string of the molecule is O=C1[C@@H]2[C@H]([C@@H]3O[C@H]13)[C@H]1C=C[C@@H]2C1. The van der Waals surface area contributed by atoms with E-state index in [1.165, 1.54) is 6.42 Å². The first-order valence-corrected chi connectivity index (χ1v) is 4.74. The number of ether oxygens (including phenoxy) is 1. The first-order valence-electron chi connectivity index (χ1n) is 4.74.